The maximum Gasteiger partial charge on any atom is 0.222 e. The van der Waals surface area contributed by atoms with Crippen molar-refractivity contribution in [1.29, 1.82) is 0 Å². The van der Waals surface area contributed by atoms with Gasteiger partial charge in [-0.15, -0.1) is 0 Å². The summed E-state index contributed by atoms with van der Waals surface area (Å²) in [5.74, 6) is -0.789. The lowest BCUT2D eigenvalue weighted by atomic mass is 10.3. The van der Waals surface area contributed by atoms with E-state index in [4.69, 9.17) is 4.74 Å². The zero-order valence-corrected chi connectivity index (χ0v) is 14.5. The van der Waals surface area contributed by atoms with E-state index in [1.165, 1.54) is 6.07 Å². The second kappa shape index (κ2) is 9.19. The number of likely N-dealkylation sites (tertiary alicyclic amines) is 1. The Hall–Kier alpha value is -2.38. The zero-order chi connectivity index (χ0) is 18.2. The maximum atomic E-state index is 13.1. The summed E-state index contributed by atoms with van der Waals surface area (Å²) in [6, 6.07) is 3.58. The third kappa shape index (κ3) is 5.58. The minimum absolute atomic E-state index is 0.159. The molecular formula is C17H24F2N4O2. The maximum absolute atomic E-state index is 13.1. The lowest BCUT2D eigenvalue weighted by molar-refractivity contribution is -0.129. The van der Waals surface area contributed by atoms with E-state index >= 15 is 0 Å². The number of benzene rings is 1. The van der Waals surface area contributed by atoms with Crippen molar-refractivity contribution in [3.05, 3.63) is 29.8 Å². The molecule has 1 atom stereocenters. The molecule has 0 aromatic heterocycles. The molecule has 0 saturated carbocycles. The van der Waals surface area contributed by atoms with E-state index in [-0.39, 0.29) is 24.3 Å². The van der Waals surface area contributed by atoms with Crippen LogP contribution in [0.3, 0.4) is 0 Å². The number of rotatable bonds is 6. The van der Waals surface area contributed by atoms with Gasteiger partial charge in [0.05, 0.1) is 6.54 Å². The first-order valence-electron chi connectivity index (χ1n) is 8.36. The van der Waals surface area contributed by atoms with Gasteiger partial charge in [0.1, 0.15) is 12.4 Å². The highest BCUT2D eigenvalue weighted by molar-refractivity contribution is 5.80. The Labute approximate surface area is 146 Å². The molecule has 1 aromatic rings. The van der Waals surface area contributed by atoms with Gasteiger partial charge in [-0.05, 0) is 18.6 Å². The topological polar surface area (TPSA) is 66.0 Å². The number of carbonyl (C=O) groups excluding carboxylic acids is 1. The third-order valence-electron chi connectivity index (χ3n) is 3.96. The number of nitrogens with one attached hydrogen (secondary N) is 2. The van der Waals surface area contributed by atoms with E-state index < -0.39 is 11.6 Å². The summed E-state index contributed by atoms with van der Waals surface area (Å²) >= 11 is 0. The average molecular weight is 354 g/mol. The highest BCUT2D eigenvalue weighted by Crippen LogP contribution is 2.15. The van der Waals surface area contributed by atoms with E-state index in [0.29, 0.717) is 25.5 Å². The van der Waals surface area contributed by atoms with Crippen LogP contribution in [0.15, 0.2) is 23.2 Å². The van der Waals surface area contributed by atoms with E-state index in [1.807, 2.05) is 11.8 Å². The fourth-order valence-corrected chi connectivity index (χ4v) is 2.62. The van der Waals surface area contributed by atoms with Crippen LogP contribution in [0.25, 0.3) is 0 Å². The minimum atomic E-state index is -0.935. The molecule has 1 saturated heterocycles. The summed E-state index contributed by atoms with van der Waals surface area (Å²) in [7, 11) is 1.66. The molecule has 2 N–H and O–H groups in total. The van der Waals surface area contributed by atoms with Crippen molar-refractivity contribution in [3.8, 4) is 5.75 Å². The molecule has 8 heteroatoms. The molecule has 0 radical (unpaired) electrons. The normalized spacial score (nSPS) is 17.5. The van der Waals surface area contributed by atoms with Gasteiger partial charge in [0, 0.05) is 38.7 Å². The molecule has 1 aliphatic heterocycles. The second-order valence-electron chi connectivity index (χ2n) is 5.75. The van der Waals surface area contributed by atoms with Crippen molar-refractivity contribution in [2.24, 2.45) is 4.99 Å². The predicted octanol–water partition coefficient (Wildman–Crippen LogP) is 1.52. The predicted molar refractivity (Wildman–Crippen MR) is 91.6 cm³/mol. The van der Waals surface area contributed by atoms with E-state index in [9.17, 15) is 13.6 Å². The molecule has 0 spiro atoms. The van der Waals surface area contributed by atoms with Crippen molar-refractivity contribution >= 4 is 11.9 Å². The zero-order valence-electron chi connectivity index (χ0n) is 14.5. The van der Waals surface area contributed by atoms with Crippen LogP contribution in [0.1, 0.15) is 19.8 Å². The number of hydrogen-bond donors (Lipinski definition) is 2. The van der Waals surface area contributed by atoms with Gasteiger partial charge < -0.3 is 20.3 Å². The highest BCUT2D eigenvalue weighted by atomic mass is 19.2. The molecule has 1 amide bonds. The molecule has 138 valence electrons. The summed E-state index contributed by atoms with van der Waals surface area (Å²) < 4.78 is 31.3. The molecular weight excluding hydrogens is 330 g/mol. The van der Waals surface area contributed by atoms with Gasteiger partial charge in [0.2, 0.25) is 5.91 Å². The molecule has 1 aliphatic rings. The van der Waals surface area contributed by atoms with Crippen LogP contribution in [-0.4, -0.2) is 56.1 Å². The third-order valence-corrected chi connectivity index (χ3v) is 3.96. The molecule has 1 aromatic carbocycles. The van der Waals surface area contributed by atoms with Crippen LogP contribution in [-0.2, 0) is 4.79 Å². The van der Waals surface area contributed by atoms with Crippen molar-refractivity contribution < 1.29 is 18.3 Å². The minimum Gasteiger partial charge on any atom is -0.492 e. The molecule has 2 rings (SSSR count). The summed E-state index contributed by atoms with van der Waals surface area (Å²) in [5.41, 5.74) is 0. The first-order valence-corrected chi connectivity index (χ1v) is 8.36. The van der Waals surface area contributed by atoms with Crippen LogP contribution in [0.2, 0.25) is 0 Å². The Morgan fingerprint density at radius 2 is 2.20 bits per heavy atom. The number of halogens is 2. The number of hydrogen-bond acceptors (Lipinski definition) is 3. The van der Waals surface area contributed by atoms with Crippen LogP contribution in [0.4, 0.5) is 8.78 Å². The quantitative estimate of drug-likeness (QED) is 0.462. The summed E-state index contributed by atoms with van der Waals surface area (Å²) in [6.45, 7) is 4.00. The molecule has 25 heavy (non-hydrogen) atoms. The Bertz CT molecular complexity index is 625. The van der Waals surface area contributed by atoms with Crippen molar-refractivity contribution in [2.45, 2.75) is 25.8 Å². The van der Waals surface area contributed by atoms with Gasteiger partial charge in [0.25, 0.3) is 0 Å². The first-order chi connectivity index (χ1) is 12.0. The number of guanidine groups is 1. The molecule has 0 bridgehead atoms. The molecule has 1 fully saturated rings. The van der Waals surface area contributed by atoms with E-state index in [1.54, 1.807) is 7.05 Å². The SMILES string of the molecule is CCC(=O)N1CCC(NC(=NC)NCCOc2ccc(F)c(F)c2)C1. The van der Waals surface area contributed by atoms with Gasteiger partial charge >= 0.3 is 0 Å². The lowest BCUT2D eigenvalue weighted by Crippen LogP contribution is -2.46. The van der Waals surface area contributed by atoms with Crippen molar-refractivity contribution in [2.75, 3.05) is 33.3 Å². The van der Waals surface area contributed by atoms with Crippen molar-refractivity contribution in [3.63, 3.8) is 0 Å². The van der Waals surface area contributed by atoms with Crippen molar-refractivity contribution in [1.82, 2.24) is 15.5 Å². The number of amides is 1. The van der Waals surface area contributed by atoms with Crippen LogP contribution in [0.5, 0.6) is 5.75 Å². The lowest BCUT2D eigenvalue weighted by Gasteiger charge is -2.18. The Morgan fingerprint density at radius 1 is 1.40 bits per heavy atom. The van der Waals surface area contributed by atoms with Crippen LogP contribution < -0.4 is 15.4 Å². The van der Waals surface area contributed by atoms with Crippen LogP contribution in [0, 0.1) is 11.6 Å². The molecule has 0 aliphatic carbocycles. The largest absolute Gasteiger partial charge is 0.492 e. The fraction of sp³-hybridized carbons (Fsp3) is 0.529. The smallest absolute Gasteiger partial charge is 0.222 e. The number of nitrogens with zero attached hydrogens (tertiary/aromatic N) is 2. The number of aliphatic imine (C=N–C) groups is 1. The molecule has 1 unspecified atom stereocenters. The fourth-order valence-electron chi connectivity index (χ4n) is 2.62. The second-order valence-corrected chi connectivity index (χ2v) is 5.75. The highest BCUT2D eigenvalue weighted by Gasteiger charge is 2.25. The Kier molecular flexibility index (Phi) is 6.97. The van der Waals surface area contributed by atoms with Gasteiger partial charge in [-0.2, -0.15) is 0 Å². The Balaban J connectivity index is 1.70. The van der Waals surface area contributed by atoms with E-state index in [2.05, 4.69) is 15.6 Å². The van der Waals surface area contributed by atoms with Gasteiger partial charge in [-0.1, -0.05) is 6.92 Å². The average Bonchev–Trinajstić information content (AvgIpc) is 3.08. The molecule has 1 heterocycles. The summed E-state index contributed by atoms with van der Waals surface area (Å²) in [4.78, 5) is 17.7. The van der Waals surface area contributed by atoms with Gasteiger partial charge in [-0.3, -0.25) is 9.79 Å². The summed E-state index contributed by atoms with van der Waals surface area (Å²) in [6.07, 6.45) is 1.39. The molecule has 6 nitrogen and oxygen atoms in total. The van der Waals surface area contributed by atoms with Gasteiger partial charge in [-0.25, -0.2) is 8.78 Å². The van der Waals surface area contributed by atoms with Crippen LogP contribution >= 0.6 is 0 Å². The number of carbonyl (C=O) groups is 1. The van der Waals surface area contributed by atoms with E-state index in [0.717, 1.165) is 25.1 Å². The first kappa shape index (κ1) is 19.0. The summed E-state index contributed by atoms with van der Waals surface area (Å²) in [5, 5.41) is 6.36. The van der Waals surface area contributed by atoms with Gasteiger partial charge in [0.15, 0.2) is 17.6 Å². The Morgan fingerprint density at radius 3 is 2.88 bits per heavy atom. The standard InChI is InChI=1S/C17H24F2N4O2/c1-3-16(24)23-8-6-12(11-23)22-17(20-2)21-7-9-25-13-4-5-14(18)15(19)10-13/h4-5,10,12H,3,6-9,11H2,1-2H3,(H2,20,21,22). The monoisotopic (exact) mass is 354 g/mol. The number of ether oxygens (including phenoxy) is 1.